The second-order valence-electron chi connectivity index (χ2n) is 7.55. The number of nitrogens with zero attached hydrogens (tertiary/aromatic N) is 3. The minimum absolute atomic E-state index is 0.0737. The van der Waals surface area contributed by atoms with Gasteiger partial charge in [-0.15, -0.1) is 0 Å². The van der Waals surface area contributed by atoms with E-state index in [0.717, 1.165) is 18.7 Å². The predicted octanol–water partition coefficient (Wildman–Crippen LogP) is 3.62. The van der Waals surface area contributed by atoms with Crippen LogP contribution in [-0.2, 0) is 0 Å². The minimum Gasteiger partial charge on any atom is -0.338 e. The lowest BCUT2D eigenvalue weighted by molar-refractivity contribution is 0.0671. The highest BCUT2D eigenvalue weighted by molar-refractivity contribution is 5.94. The first-order valence-electron chi connectivity index (χ1n) is 8.01. The van der Waals surface area contributed by atoms with Crippen molar-refractivity contribution in [3.05, 3.63) is 36.2 Å². The fourth-order valence-electron chi connectivity index (χ4n) is 2.53. The van der Waals surface area contributed by atoms with Gasteiger partial charge in [0.15, 0.2) is 5.82 Å². The molecule has 0 saturated heterocycles. The van der Waals surface area contributed by atoms with E-state index in [0.29, 0.717) is 17.3 Å². The van der Waals surface area contributed by atoms with Crippen LogP contribution in [0.1, 0.15) is 45.0 Å². The van der Waals surface area contributed by atoms with Crippen molar-refractivity contribution in [2.75, 3.05) is 13.1 Å². The summed E-state index contributed by atoms with van der Waals surface area (Å²) in [4.78, 5) is 18.9. The van der Waals surface area contributed by atoms with Gasteiger partial charge >= 0.3 is 0 Å². The maximum absolute atomic E-state index is 12.8. The third kappa shape index (κ3) is 4.91. The van der Waals surface area contributed by atoms with Crippen LogP contribution in [0.2, 0.25) is 0 Å². The molecule has 5 heteroatoms. The van der Waals surface area contributed by atoms with E-state index in [-0.39, 0.29) is 11.3 Å². The summed E-state index contributed by atoms with van der Waals surface area (Å²) in [6.07, 6.45) is 1.47. The van der Waals surface area contributed by atoms with Crippen molar-refractivity contribution in [1.29, 1.82) is 0 Å². The molecule has 0 radical (unpaired) electrons. The zero-order valence-electron chi connectivity index (χ0n) is 14.6. The van der Waals surface area contributed by atoms with E-state index in [1.54, 1.807) is 0 Å². The lowest BCUT2D eigenvalue weighted by atomic mass is 9.95. The SMILES string of the molecule is CC(C)CN(CC(C)(C)C)C(=O)c1ccc(-c2ncn[nH]2)cc1. The van der Waals surface area contributed by atoms with Crippen LogP contribution < -0.4 is 0 Å². The summed E-state index contributed by atoms with van der Waals surface area (Å²) in [6.45, 7) is 12.2. The van der Waals surface area contributed by atoms with Crippen LogP contribution in [0.5, 0.6) is 0 Å². The Morgan fingerprint density at radius 2 is 1.87 bits per heavy atom. The predicted molar refractivity (Wildman–Crippen MR) is 92.0 cm³/mol. The molecule has 0 fully saturated rings. The number of aromatic nitrogens is 3. The van der Waals surface area contributed by atoms with Crippen LogP contribution in [0, 0.1) is 11.3 Å². The summed E-state index contributed by atoms with van der Waals surface area (Å²) in [5.41, 5.74) is 1.70. The highest BCUT2D eigenvalue weighted by atomic mass is 16.2. The third-order valence-corrected chi connectivity index (χ3v) is 3.36. The molecule has 0 bridgehead atoms. The maximum atomic E-state index is 12.8. The van der Waals surface area contributed by atoms with Gasteiger partial charge in [-0.25, -0.2) is 4.98 Å². The molecular weight excluding hydrogens is 288 g/mol. The van der Waals surface area contributed by atoms with Gasteiger partial charge in [-0.1, -0.05) is 46.8 Å². The summed E-state index contributed by atoms with van der Waals surface area (Å²) >= 11 is 0. The van der Waals surface area contributed by atoms with E-state index >= 15 is 0 Å². The number of aromatic amines is 1. The quantitative estimate of drug-likeness (QED) is 0.917. The molecule has 0 aliphatic carbocycles. The molecule has 0 aliphatic rings. The third-order valence-electron chi connectivity index (χ3n) is 3.36. The van der Waals surface area contributed by atoms with Crippen LogP contribution in [0.15, 0.2) is 30.6 Å². The Kier molecular flexibility index (Phi) is 5.19. The first-order valence-corrected chi connectivity index (χ1v) is 8.01. The van der Waals surface area contributed by atoms with Gasteiger partial charge in [-0.3, -0.25) is 9.89 Å². The Balaban J connectivity index is 2.18. The fraction of sp³-hybridized carbons (Fsp3) is 0.500. The van der Waals surface area contributed by atoms with Gasteiger partial charge in [0.1, 0.15) is 6.33 Å². The molecule has 0 aliphatic heterocycles. The van der Waals surface area contributed by atoms with Crippen molar-refractivity contribution in [1.82, 2.24) is 20.1 Å². The lowest BCUT2D eigenvalue weighted by Crippen LogP contribution is -2.40. The van der Waals surface area contributed by atoms with Crippen LogP contribution in [-0.4, -0.2) is 39.1 Å². The van der Waals surface area contributed by atoms with Gasteiger partial charge in [-0.05, 0) is 23.5 Å². The summed E-state index contributed by atoms with van der Waals surface area (Å²) < 4.78 is 0. The normalized spacial score (nSPS) is 11.7. The standard InChI is InChI=1S/C18H26N4O/c1-13(2)10-22(11-18(3,4)5)17(23)15-8-6-14(7-9-15)16-19-12-20-21-16/h6-9,12-13H,10-11H2,1-5H3,(H,19,20,21). The lowest BCUT2D eigenvalue weighted by Gasteiger charge is -2.31. The number of hydrogen-bond acceptors (Lipinski definition) is 3. The Hall–Kier alpha value is -2.17. The van der Waals surface area contributed by atoms with Crippen LogP contribution in [0.4, 0.5) is 0 Å². The summed E-state index contributed by atoms with van der Waals surface area (Å²) in [5.74, 6) is 1.23. The molecule has 1 N–H and O–H groups in total. The van der Waals surface area contributed by atoms with Crippen molar-refractivity contribution >= 4 is 5.91 Å². The smallest absolute Gasteiger partial charge is 0.253 e. The van der Waals surface area contributed by atoms with E-state index in [1.165, 1.54) is 6.33 Å². The van der Waals surface area contributed by atoms with E-state index in [9.17, 15) is 4.79 Å². The fourth-order valence-corrected chi connectivity index (χ4v) is 2.53. The molecule has 2 aromatic rings. The molecular formula is C18H26N4O. The van der Waals surface area contributed by atoms with Crippen LogP contribution in [0.25, 0.3) is 11.4 Å². The van der Waals surface area contributed by atoms with Gasteiger partial charge in [0.25, 0.3) is 5.91 Å². The second-order valence-corrected chi connectivity index (χ2v) is 7.55. The Bertz CT molecular complexity index is 624. The van der Waals surface area contributed by atoms with Crippen LogP contribution in [0.3, 0.4) is 0 Å². The van der Waals surface area contributed by atoms with Gasteiger partial charge in [0.2, 0.25) is 0 Å². The summed E-state index contributed by atoms with van der Waals surface area (Å²) in [6, 6.07) is 7.52. The van der Waals surface area contributed by atoms with E-state index in [2.05, 4.69) is 49.8 Å². The average Bonchev–Trinajstić information content (AvgIpc) is 2.98. The molecule has 0 saturated carbocycles. The highest BCUT2D eigenvalue weighted by Crippen LogP contribution is 2.20. The first kappa shape index (κ1) is 17.2. The molecule has 1 aromatic carbocycles. The number of nitrogens with one attached hydrogen (secondary N) is 1. The summed E-state index contributed by atoms with van der Waals surface area (Å²) in [7, 11) is 0. The zero-order valence-corrected chi connectivity index (χ0v) is 14.6. The van der Waals surface area contributed by atoms with Gasteiger partial charge in [-0.2, -0.15) is 5.10 Å². The Morgan fingerprint density at radius 3 is 2.35 bits per heavy atom. The molecule has 0 unspecified atom stereocenters. The Labute approximate surface area is 138 Å². The van der Waals surface area contributed by atoms with Crippen molar-refractivity contribution in [3.8, 4) is 11.4 Å². The van der Waals surface area contributed by atoms with E-state index in [1.807, 2.05) is 29.2 Å². The van der Waals surface area contributed by atoms with Gasteiger partial charge < -0.3 is 4.90 Å². The molecule has 2 rings (SSSR count). The number of hydrogen-bond donors (Lipinski definition) is 1. The van der Waals surface area contributed by atoms with Crippen molar-refractivity contribution in [2.45, 2.75) is 34.6 Å². The number of carbonyl (C=O) groups excluding carboxylic acids is 1. The molecule has 0 spiro atoms. The van der Waals surface area contributed by atoms with Gasteiger partial charge in [0, 0.05) is 24.2 Å². The molecule has 1 aromatic heterocycles. The maximum Gasteiger partial charge on any atom is 0.253 e. The molecule has 1 amide bonds. The number of benzene rings is 1. The summed E-state index contributed by atoms with van der Waals surface area (Å²) in [5, 5.41) is 6.67. The monoisotopic (exact) mass is 314 g/mol. The number of H-pyrrole nitrogens is 1. The minimum atomic E-state index is 0.0737. The van der Waals surface area contributed by atoms with E-state index in [4.69, 9.17) is 0 Å². The van der Waals surface area contributed by atoms with Crippen molar-refractivity contribution in [3.63, 3.8) is 0 Å². The number of amides is 1. The zero-order chi connectivity index (χ0) is 17.0. The van der Waals surface area contributed by atoms with Crippen LogP contribution >= 0.6 is 0 Å². The van der Waals surface area contributed by atoms with Crippen molar-refractivity contribution < 1.29 is 4.79 Å². The second kappa shape index (κ2) is 6.94. The highest BCUT2D eigenvalue weighted by Gasteiger charge is 2.22. The molecule has 124 valence electrons. The molecule has 0 atom stereocenters. The first-order chi connectivity index (χ1) is 10.8. The van der Waals surface area contributed by atoms with Crippen molar-refractivity contribution in [2.24, 2.45) is 11.3 Å². The Morgan fingerprint density at radius 1 is 1.22 bits per heavy atom. The molecule has 5 nitrogen and oxygen atoms in total. The number of rotatable bonds is 5. The largest absolute Gasteiger partial charge is 0.338 e. The molecule has 1 heterocycles. The topological polar surface area (TPSA) is 61.9 Å². The van der Waals surface area contributed by atoms with Gasteiger partial charge in [0.05, 0.1) is 0 Å². The van der Waals surface area contributed by atoms with E-state index < -0.39 is 0 Å². The average molecular weight is 314 g/mol. The number of carbonyl (C=O) groups is 1. The molecule has 23 heavy (non-hydrogen) atoms.